The monoisotopic (exact) mass is 207 g/mol. The van der Waals surface area contributed by atoms with Crippen LogP contribution in [0.2, 0.25) is 0 Å². The lowest BCUT2D eigenvalue weighted by molar-refractivity contribution is 0.0569. The van der Waals surface area contributed by atoms with E-state index >= 15 is 0 Å². The van der Waals surface area contributed by atoms with E-state index in [9.17, 15) is 5.11 Å². The molecule has 0 radical (unpaired) electrons. The second kappa shape index (κ2) is 3.77. The number of hydrogen-bond acceptors (Lipinski definition) is 3. The molecular formula is C11H17N3O. The van der Waals surface area contributed by atoms with Crippen molar-refractivity contribution in [3.05, 3.63) is 24.3 Å². The number of hydrogen-bond donors (Lipinski definition) is 1. The molecule has 1 aliphatic rings. The number of allylic oxidation sites excluding steroid dienone is 1. The molecule has 4 nitrogen and oxygen atoms in total. The van der Waals surface area contributed by atoms with E-state index < -0.39 is 5.60 Å². The van der Waals surface area contributed by atoms with Gasteiger partial charge in [-0.2, -0.15) is 5.10 Å². The quantitative estimate of drug-likeness (QED) is 0.745. The van der Waals surface area contributed by atoms with Gasteiger partial charge in [-0.25, -0.2) is 4.98 Å². The molecule has 1 aromatic rings. The third-order valence-electron chi connectivity index (χ3n) is 3.05. The molecule has 82 valence electrons. The fourth-order valence-corrected chi connectivity index (χ4v) is 1.94. The highest BCUT2D eigenvalue weighted by molar-refractivity contribution is 5.15. The Morgan fingerprint density at radius 1 is 1.67 bits per heavy atom. The summed E-state index contributed by atoms with van der Waals surface area (Å²) < 4.78 is 1.62. The van der Waals surface area contributed by atoms with Gasteiger partial charge in [0.15, 0.2) is 5.82 Å². The molecule has 0 saturated heterocycles. The average Bonchev–Trinajstić information content (AvgIpc) is 2.67. The summed E-state index contributed by atoms with van der Waals surface area (Å²) in [5.74, 6) is 1.10. The van der Waals surface area contributed by atoms with Crippen molar-refractivity contribution in [1.82, 2.24) is 14.8 Å². The molecule has 2 unspecified atom stereocenters. The first kappa shape index (κ1) is 10.4. The van der Waals surface area contributed by atoms with Gasteiger partial charge < -0.3 is 5.11 Å². The van der Waals surface area contributed by atoms with Gasteiger partial charge in [0.1, 0.15) is 11.9 Å². The Morgan fingerprint density at radius 3 is 2.93 bits per heavy atom. The van der Waals surface area contributed by atoms with E-state index in [4.69, 9.17) is 0 Å². The van der Waals surface area contributed by atoms with E-state index in [1.807, 2.05) is 6.08 Å². The van der Waals surface area contributed by atoms with Crippen LogP contribution in [0.5, 0.6) is 0 Å². The number of aliphatic hydroxyl groups is 1. The first-order valence-electron chi connectivity index (χ1n) is 5.42. The van der Waals surface area contributed by atoms with Crippen molar-refractivity contribution in [1.29, 1.82) is 0 Å². The first-order valence-corrected chi connectivity index (χ1v) is 5.42. The molecular weight excluding hydrogens is 190 g/mol. The highest BCUT2D eigenvalue weighted by Gasteiger charge is 2.33. The van der Waals surface area contributed by atoms with Crippen LogP contribution in [0.15, 0.2) is 18.5 Å². The van der Waals surface area contributed by atoms with E-state index in [2.05, 4.69) is 23.1 Å². The summed E-state index contributed by atoms with van der Waals surface area (Å²) in [7, 11) is 1.81. The topological polar surface area (TPSA) is 50.9 Å². The van der Waals surface area contributed by atoms with Crippen LogP contribution in [0, 0.1) is 5.92 Å². The average molecular weight is 207 g/mol. The zero-order valence-corrected chi connectivity index (χ0v) is 9.22. The minimum absolute atomic E-state index is 0.510. The van der Waals surface area contributed by atoms with Gasteiger partial charge in [0, 0.05) is 7.05 Å². The fourth-order valence-electron chi connectivity index (χ4n) is 1.94. The van der Waals surface area contributed by atoms with Gasteiger partial charge in [-0.05, 0) is 31.3 Å². The molecule has 4 heteroatoms. The third-order valence-corrected chi connectivity index (χ3v) is 3.05. The largest absolute Gasteiger partial charge is 0.378 e. The summed E-state index contributed by atoms with van der Waals surface area (Å²) in [5.41, 5.74) is -0.951. The number of aromatic nitrogens is 3. The maximum atomic E-state index is 10.3. The minimum atomic E-state index is -0.951. The van der Waals surface area contributed by atoms with Gasteiger partial charge in [0.05, 0.1) is 0 Å². The molecule has 15 heavy (non-hydrogen) atoms. The molecule has 1 heterocycles. The molecule has 2 rings (SSSR count). The van der Waals surface area contributed by atoms with Crippen LogP contribution in [0.4, 0.5) is 0 Å². The van der Waals surface area contributed by atoms with Gasteiger partial charge in [-0.3, -0.25) is 4.68 Å². The molecule has 1 N–H and O–H groups in total. The second-order valence-corrected chi connectivity index (χ2v) is 4.23. The molecule has 0 saturated carbocycles. The zero-order chi connectivity index (χ0) is 10.9. The van der Waals surface area contributed by atoms with Gasteiger partial charge in [-0.1, -0.05) is 13.0 Å². The molecule has 0 spiro atoms. The van der Waals surface area contributed by atoms with Crippen molar-refractivity contribution in [3.63, 3.8) is 0 Å². The third kappa shape index (κ3) is 1.95. The van der Waals surface area contributed by atoms with E-state index in [1.165, 1.54) is 0 Å². The minimum Gasteiger partial charge on any atom is -0.378 e. The standard InChI is InChI=1S/C11H17N3O/c1-3-9-4-6-11(15,7-5-9)10-12-8-14(2)13-10/h4,6,8-9,15H,3,5,7H2,1-2H3. The predicted molar refractivity (Wildman–Crippen MR) is 57.1 cm³/mol. The Kier molecular flexibility index (Phi) is 2.61. The first-order chi connectivity index (χ1) is 7.14. The molecule has 1 aromatic heterocycles. The van der Waals surface area contributed by atoms with Crippen molar-refractivity contribution in [3.8, 4) is 0 Å². The van der Waals surface area contributed by atoms with E-state index in [1.54, 1.807) is 18.1 Å². The van der Waals surface area contributed by atoms with Gasteiger partial charge in [0.25, 0.3) is 0 Å². The maximum absolute atomic E-state index is 10.3. The Hall–Kier alpha value is -1.16. The highest BCUT2D eigenvalue weighted by Crippen LogP contribution is 2.33. The van der Waals surface area contributed by atoms with Crippen LogP contribution in [-0.4, -0.2) is 19.9 Å². The van der Waals surface area contributed by atoms with Crippen molar-refractivity contribution in [2.75, 3.05) is 0 Å². The molecule has 0 aromatic carbocycles. The van der Waals surface area contributed by atoms with Crippen LogP contribution >= 0.6 is 0 Å². The van der Waals surface area contributed by atoms with Crippen LogP contribution in [0.3, 0.4) is 0 Å². The predicted octanol–water partition coefficient (Wildman–Crippen LogP) is 1.38. The molecule has 1 aliphatic carbocycles. The Balaban J connectivity index is 2.22. The lowest BCUT2D eigenvalue weighted by Crippen LogP contribution is -2.28. The van der Waals surface area contributed by atoms with E-state index in [0.717, 1.165) is 12.8 Å². The van der Waals surface area contributed by atoms with E-state index in [0.29, 0.717) is 18.2 Å². The van der Waals surface area contributed by atoms with Crippen LogP contribution in [0.25, 0.3) is 0 Å². The summed E-state index contributed by atoms with van der Waals surface area (Å²) in [4.78, 5) is 4.11. The maximum Gasteiger partial charge on any atom is 0.186 e. The fraction of sp³-hybridized carbons (Fsp3) is 0.636. The van der Waals surface area contributed by atoms with Crippen LogP contribution in [-0.2, 0) is 12.6 Å². The van der Waals surface area contributed by atoms with Crippen molar-refractivity contribution in [2.45, 2.75) is 31.8 Å². The van der Waals surface area contributed by atoms with Crippen LogP contribution in [0.1, 0.15) is 32.0 Å². The van der Waals surface area contributed by atoms with Gasteiger partial charge in [0.2, 0.25) is 0 Å². The van der Waals surface area contributed by atoms with Crippen molar-refractivity contribution >= 4 is 0 Å². The smallest absolute Gasteiger partial charge is 0.186 e. The van der Waals surface area contributed by atoms with Gasteiger partial charge in [-0.15, -0.1) is 0 Å². The van der Waals surface area contributed by atoms with Crippen LogP contribution < -0.4 is 0 Å². The summed E-state index contributed by atoms with van der Waals surface area (Å²) in [5, 5.41) is 14.5. The normalized spacial score (nSPS) is 30.7. The van der Waals surface area contributed by atoms with Crippen molar-refractivity contribution < 1.29 is 5.11 Å². The molecule has 0 fully saturated rings. The van der Waals surface area contributed by atoms with E-state index in [-0.39, 0.29) is 0 Å². The number of rotatable bonds is 2. The Labute approximate surface area is 89.6 Å². The SMILES string of the molecule is CCC1C=CC(O)(c2ncn(C)n2)CC1. The number of aryl methyl sites for hydroxylation is 1. The summed E-state index contributed by atoms with van der Waals surface area (Å²) in [6, 6.07) is 0. The summed E-state index contributed by atoms with van der Waals surface area (Å²) in [6.07, 6.45) is 8.39. The van der Waals surface area contributed by atoms with Gasteiger partial charge >= 0.3 is 0 Å². The molecule has 2 atom stereocenters. The summed E-state index contributed by atoms with van der Waals surface area (Å²) >= 11 is 0. The molecule has 0 aliphatic heterocycles. The Bertz CT molecular complexity index is 372. The summed E-state index contributed by atoms with van der Waals surface area (Å²) in [6.45, 7) is 2.17. The highest BCUT2D eigenvalue weighted by atomic mass is 16.3. The van der Waals surface area contributed by atoms with Crippen molar-refractivity contribution in [2.24, 2.45) is 13.0 Å². The lowest BCUT2D eigenvalue weighted by Gasteiger charge is -2.27. The number of nitrogens with zero attached hydrogens (tertiary/aromatic N) is 3. The zero-order valence-electron chi connectivity index (χ0n) is 9.22. The lowest BCUT2D eigenvalue weighted by atomic mass is 9.83. The molecule has 0 amide bonds. The second-order valence-electron chi connectivity index (χ2n) is 4.23. The molecule has 0 bridgehead atoms. The Morgan fingerprint density at radius 2 is 2.47 bits per heavy atom.